The molecule has 1 saturated heterocycles. The summed E-state index contributed by atoms with van der Waals surface area (Å²) in [6, 6.07) is 3.60. The fourth-order valence-corrected chi connectivity index (χ4v) is 4.01. The quantitative estimate of drug-likeness (QED) is 0.908. The van der Waals surface area contributed by atoms with Crippen LogP contribution in [0.2, 0.25) is 0 Å². The number of carbonyl (C=O) groups excluding carboxylic acids is 2. The predicted octanol–water partition coefficient (Wildman–Crippen LogP) is 3.10. The van der Waals surface area contributed by atoms with Crippen LogP contribution in [0, 0.1) is 0 Å². The zero-order valence-electron chi connectivity index (χ0n) is 13.2. The molecule has 1 aromatic heterocycles. The summed E-state index contributed by atoms with van der Waals surface area (Å²) >= 11 is 1.64. The number of piperazine rings is 1. The molecule has 1 aliphatic rings. The molecule has 2 rings (SSSR count). The highest BCUT2D eigenvalue weighted by molar-refractivity contribution is 7.10. The van der Waals surface area contributed by atoms with Crippen molar-refractivity contribution in [3.8, 4) is 0 Å². The van der Waals surface area contributed by atoms with Gasteiger partial charge in [0.1, 0.15) is 11.6 Å². The van der Waals surface area contributed by atoms with Crippen molar-refractivity contribution in [3.63, 3.8) is 0 Å². The van der Waals surface area contributed by atoms with Gasteiger partial charge >= 0.3 is 0 Å². The maximum absolute atomic E-state index is 13.1. The van der Waals surface area contributed by atoms with E-state index in [1.165, 1.54) is 0 Å². The van der Waals surface area contributed by atoms with Gasteiger partial charge in [0, 0.05) is 4.88 Å². The van der Waals surface area contributed by atoms with Gasteiger partial charge in [-0.15, -0.1) is 11.3 Å². The minimum atomic E-state index is -0.742. The van der Waals surface area contributed by atoms with Gasteiger partial charge in [0.15, 0.2) is 0 Å². The molecule has 1 fully saturated rings. The van der Waals surface area contributed by atoms with Crippen LogP contribution in [0.1, 0.15) is 57.9 Å². The first-order valence-electron chi connectivity index (χ1n) is 7.68. The van der Waals surface area contributed by atoms with Crippen molar-refractivity contribution in [2.75, 3.05) is 0 Å². The highest BCUT2D eigenvalue weighted by Crippen LogP contribution is 2.35. The van der Waals surface area contributed by atoms with E-state index >= 15 is 0 Å². The molecule has 2 amide bonds. The Morgan fingerprint density at radius 2 is 2.00 bits per heavy atom. The standard InChI is InChI=1S/C16H24N2O2S/c1-5-12(13-9-8-10-21-13)18-11(4)14(19)17-16(6-2,7-3)15(18)20/h8-12H,5-7H2,1-4H3,(H,17,19). The Labute approximate surface area is 130 Å². The highest BCUT2D eigenvalue weighted by atomic mass is 32.1. The Hall–Kier alpha value is -1.36. The highest BCUT2D eigenvalue weighted by Gasteiger charge is 2.49. The summed E-state index contributed by atoms with van der Waals surface area (Å²) in [7, 11) is 0. The number of nitrogens with one attached hydrogen (secondary N) is 1. The van der Waals surface area contributed by atoms with Crippen LogP contribution in [-0.2, 0) is 9.59 Å². The molecule has 2 unspecified atom stereocenters. The molecule has 21 heavy (non-hydrogen) atoms. The van der Waals surface area contributed by atoms with Gasteiger partial charge in [0.05, 0.1) is 6.04 Å². The number of nitrogens with zero attached hydrogens (tertiary/aromatic N) is 1. The number of hydrogen-bond acceptors (Lipinski definition) is 3. The summed E-state index contributed by atoms with van der Waals surface area (Å²) in [4.78, 5) is 28.4. The normalized spacial score (nSPS) is 23.0. The molecule has 0 radical (unpaired) electrons. The van der Waals surface area contributed by atoms with Crippen molar-refractivity contribution in [2.24, 2.45) is 0 Å². The summed E-state index contributed by atoms with van der Waals surface area (Å²) in [5, 5.41) is 4.97. The van der Waals surface area contributed by atoms with Gasteiger partial charge in [-0.25, -0.2) is 0 Å². The summed E-state index contributed by atoms with van der Waals surface area (Å²) < 4.78 is 0. The average molecular weight is 308 g/mol. The fourth-order valence-electron chi connectivity index (χ4n) is 3.10. The first-order valence-corrected chi connectivity index (χ1v) is 8.56. The second-order valence-electron chi connectivity index (χ2n) is 5.61. The minimum absolute atomic E-state index is 0.0176. The maximum atomic E-state index is 13.1. The monoisotopic (exact) mass is 308 g/mol. The fraction of sp³-hybridized carbons (Fsp3) is 0.625. The first-order chi connectivity index (χ1) is 10.0. The van der Waals surface area contributed by atoms with Crippen molar-refractivity contribution in [1.82, 2.24) is 10.2 Å². The zero-order chi connectivity index (χ0) is 15.6. The van der Waals surface area contributed by atoms with E-state index in [-0.39, 0.29) is 17.9 Å². The summed E-state index contributed by atoms with van der Waals surface area (Å²) in [5.74, 6) is 0.00755. The molecule has 1 N–H and O–H groups in total. The predicted molar refractivity (Wildman–Crippen MR) is 85.1 cm³/mol. The van der Waals surface area contributed by atoms with Crippen LogP contribution in [-0.4, -0.2) is 28.3 Å². The van der Waals surface area contributed by atoms with Crippen LogP contribution >= 0.6 is 11.3 Å². The van der Waals surface area contributed by atoms with Gasteiger partial charge in [-0.1, -0.05) is 26.8 Å². The maximum Gasteiger partial charge on any atom is 0.249 e. The molecule has 1 aliphatic heterocycles. The minimum Gasteiger partial charge on any atom is -0.340 e. The molecule has 116 valence electrons. The Morgan fingerprint density at radius 1 is 1.33 bits per heavy atom. The van der Waals surface area contributed by atoms with Gasteiger partial charge in [-0.3, -0.25) is 9.59 Å². The average Bonchev–Trinajstić information content (AvgIpc) is 3.01. The van der Waals surface area contributed by atoms with Crippen LogP contribution in [0.25, 0.3) is 0 Å². The SMILES string of the molecule is CCC(c1cccs1)N1C(=O)C(CC)(CC)NC(=O)C1C. The Morgan fingerprint density at radius 3 is 2.48 bits per heavy atom. The van der Waals surface area contributed by atoms with E-state index in [0.717, 1.165) is 11.3 Å². The van der Waals surface area contributed by atoms with Crippen molar-refractivity contribution >= 4 is 23.2 Å². The third-order valence-electron chi connectivity index (χ3n) is 4.60. The van der Waals surface area contributed by atoms with Gasteiger partial charge in [-0.05, 0) is 37.6 Å². The lowest BCUT2D eigenvalue weighted by atomic mass is 9.86. The molecule has 0 spiro atoms. The second kappa shape index (κ2) is 6.18. The topological polar surface area (TPSA) is 49.4 Å². The number of thiophene rings is 1. The Bertz CT molecular complexity index is 508. The van der Waals surface area contributed by atoms with Crippen LogP contribution in [0.5, 0.6) is 0 Å². The van der Waals surface area contributed by atoms with Crippen molar-refractivity contribution in [3.05, 3.63) is 22.4 Å². The molecular formula is C16H24N2O2S. The molecule has 0 bridgehead atoms. The molecule has 0 aliphatic carbocycles. The first kappa shape index (κ1) is 16.0. The van der Waals surface area contributed by atoms with Gasteiger partial charge in [-0.2, -0.15) is 0 Å². The summed E-state index contributed by atoms with van der Waals surface area (Å²) in [6.45, 7) is 7.80. The molecule has 0 aromatic carbocycles. The molecule has 0 saturated carbocycles. The Balaban J connectivity index is 2.43. The third kappa shape index (κ3) is 2.59. The number of rotatable bonds is 5. The van der Waals surface area contributed by atoms with Gasteiger partial charge in [0.25, 0.3) is 0 Å². The lowest BCUT2D eigenvalue weighted by Crippen LogP contribution is -2.69. The lowest BCUT2D eigenvalue weighted by molar-refractivity contribution is -0.158. The molecule has 2 atom stereocenters. The van der Waals surface area contributed by atoms with Gasteiger partial charge < -0.3 is 10.2 Å². The molecule has 1 aromatic rings. The van der Waals surface area contributed by atoms with E-state index < -0.39 is 11.6 Å². The summed E-state index contributed by atoms with van der Waals surface area (Å²) in [5.41, 5.74) is -0.742. The largest absolute Gasteiger partial charge is 0.340 e. The third-order valence-corrected chi connectivity index (χ3v) is 5.58. The number of carbonyl (C=O) groups is 2. The van der Waals surface area contributed by atoms with Crippen molar-refractivity contribution < 1.29 is 9.59 Å². The van der Waals surface area contributed by atoms with E-state index in [4.69, 9.17) is 0 Å². The van der Waals surface area contributed by atoms with Crippen molar-refractivity contribution in [2.45, 2.75) is 64.6 Å². The van der Waals surface area contributed by atoms with Crippen LogP contribution in [0.15, 0.2) is 17.5 Å². The van der Waals surface area contributed by atoms with E-state index in [1.807, 2.05) is 38.3 Å². The Kier molecular flexibility index (Phi) is 4.71. The van der Waals surface area contributed by atoms with E-state index in [1.54, 1.807) is 16.2 Å². The van der Waals surface area contributed by atoms with Crippen LogP contribution in [0.4, 0.5) is 0 Å². The molecule has 2 heterocycles. The second-order valence-corrected chi connectivity index (χ2v) is 6.59. The summed E-state index contributed by atoms with van der Waals surface area (Å²) in [6.07, 6.45) is 2.06. The molecular weight excluding hydrogens is 284 g/mol. The van der Waals surface area contributed by atoms with Gasteiger partial charge in [0.2, 0.25) is 11.8 Å². The zero-order valence-corrected chi connectivity index (χ0v) is 14.0. The van der Waals surface area contributed by atoms with E-state index in [2.05, 4.69) is 12.2 Å². The molecule has 5 heteroatoms. The van der Waals surface area contributed by atoms with Crippen molar-refractivity contribution in [1.29, 1.82) is 0 Å². The molecule has 4 nitrogen and oxygen atoms in total. The van der Waals surface area contributed by atoms with Crippen LogP contribution < -0.4 is 5.32 Å². The number of hydrogen-bond donors (Lipinski definition) is 1. The van der Waals surface area contributed by atoms with E-state index in [0.29, 0.717) is 12.8 Å². The smallest absolute Gasteiger partial charge is 0.249 e. The lowest BCUT2D eigenvalue weighted by Gasteiger charge is -2.47. The number of amides is 2. The van der Waals surface area contributed by atoms with E-state index in [9.17, 15) is 9.59 Å². The van der Waals surface area contributed by atoms with Crippen LogP contribution in [0.3, 0.4) is 0 Å².